The third-order valence-electron chi connectivity index (χ3n) is 13.4. The molecule has 0 saturated heterocycles. The van der Waals surface area contributed by atoms with E-state index in [0.29, 0.717) is 6.42 Å². The van der Waals surface area contributed by atoms with Gasteiger partial charge in [-0.25, -0.2) is 4.57 Å². The Morgan fingerprint density at radius 3 is 1.04 bits per heavy atom. The summed E-state index contributed by atoms with van der Waals surface area (Å²) in [6.45, 7) is 3.75. The molecule has 0 heterocycles. The van der Waals surface area contributed by atoms with Crippen LogP contribution in [0.3, 0.4) is 0 Å². The molecular weight excluding hydrogens is 870 g/mol. The highest BCUT2D eigenvalue weighted by atomic mass is 31.2. The number of nitrogens with two attached hydrogens (primary N) is 1. The van der Waals surface area contributed by atoms with E-state index in [1.165, 1.54) is 250 Å². The van der Waals surface area contributed by atoms with Gasteiger partial charge in [0.05, 0.1) is 13.2 Å². The van der Waals surface area contributed by atoms with Gasteiger partial charge in [0.25, 0.3) is 0 Å². The van der Waals surface area contributed by atoms with Crippen LogP contribution in [0.2, 0.25) is 0 Å². The van der Waals surface area contributed by atoms with Crippen molar-refractivity contribution in [2.24, 2.45) is 5.73 Å². The second-order valence-corrected chi connectivity index (χ2v) is 21.7. The molecule has 0 fully saturated rings. The number of unbranched alkanes of at least 4 members (excludes halogenated alkanes) is 42. The van der Waals surface area contributed by atoms with Crippen LogP contribution in [0.1, 0.15) is 316 Å². The summed E-state index contributed by atoms with van der Waals surface area (Å²) >= 11 is 0. The van der Waals surface area contributed by atoms with Crippen molar-refractivity contribution in [3.63, 3.8) is 0 Å². The van der Waals surface area contributed by atoms with Gasteiger partial charge in [-0.3, -0.25) is 18.6 Å². The van der Waals surface area contributed by atoms with E-state index in [9.17, 15) is 19.0 Å². The highest BCUT2D eigenvalue weighted by Crippen LogP contribution is 2.43. The molecule has 10 heteroatoms. The number of ether oxygens (including phenoxy) is 2. The molecule has 0 aromatic carbocycles. The van der Waals surface area contributed by atoms with Gasteiger partial charge in [-0.15, -0.1) is 0 Å². The summed E-state index contributed by atoms with van der Waals surface area (Å²) < 4.78 is 32.8. The van der Waals surface area contributed by atoms with Crippen molar-refractivity contribution in [3.05, 3.63) is 12.2 Å². The van der Waals surface area contributed by atoms with Gasteiger partial charge in [0, 0.05) is 19.4 Å². The Labute approximate surface area is 421 Å². The van der Waals surface area contributed by atoms with Crippen LogP contribution in [-0.2, 0) is 32.7 Å². The van der Waals surface area contributed by atoms with Gasteiger partial charge >= 0.3 is 19.8 Å². The number of carbonyl (C=O) groups is 2. The van der Waals surface area contributed by atoms with E-state index in [-0.39, 0.29) is 38.6 Å². The molecule has 2 unspecified atom stereocenters. The van der Waals surface area contributed by atoms with Crippen molar-refractivity contribution in [1.29, 1.82) is 0 Å². The first kappa shape index (κ1) is 66.8. The molecule has 0 bridgehead atoms. The largest absolute Gasteiger partial charge is 0.472 e. The van der Waals surface area contributed by atoms with Crippen molar-refractivity contribution in [3.8, 4) is 0 Å². The third-order valence-corrected chi connectivity index (χ3v) is 14.4. The van der Waals surface area contributed by atoms with E-state index in [0.717, 1.165) is 32.1 Å². The van der Waals surface area contributed by atoms with Gasteiger partial charge < -0.3 is 20.1 Å². The van der Waals surface area contributed by atoms with Gasteiger partial charge in [-0.2, -0.15) is 0 Å². The van der Waals surface area contributed by atoms with Gasteiger partial charge in [0.2, 0.25) is 0 Å². The lowest BCUT2D eigenvalue weighted by Crippen LogP contribution is -2.29. The normalized spacial score (nSPS) is 13.1. The molecule has 0 aliphatic carbocycles. The topological polar surface area (TPSA) is 134 Å². The maximum atomic E-state index is 12.6. The van der Waals surface area contributed by atoms with E-state index >= 15 is 0 Å². The number of carbonyl (C=O) groups excluding carboxylic acids is 2. The quantitative estimate of drug-likeness (QED) is 0.0264. The molecule has 68 heavy (non-hydrogen) atoms. The van der Waals surface area contributed by atoms with Crippen LogP contribution in [0.4, 0.5) is 0 Å². The second kappa shape index (κ2) is 55.1. The van der Waals surface area contributed by atoms with Crippen LogP contribution in [0.5, 0.6) is 0 Å². The second-order valence-electron chi connectivity index (χ2n) is 20.2. The Morgan fingerprint density at radius 2 is 0.721 bits per heavy atom. The molecule has 0 saturated carbocycles. The summed E-state index contributed by atoms with van der Waals surface area (Å²) in [5, 5.41) is 0. The lowest BCUT2D eigenvalue weighted by molar-refractivity contribution is -0.161. The first-order valence-corrected chi connectivity index (χ1v) is 31.2. The molecule has 0 aliphatic rings. The van der Waals surface area contributed by atoms with Crippen molar-refractivity contribution in [1.82, 2.24) is 0 Å². The van der Waals surface area contributed by atoms with Gasteiger partial charge in [-0.1, -0.05) is 276 Å². The number of rotatable bonds is 57. The number of phosphoric acid groups is 1. The summed E-state index contributed by atoms with van der Waals surface area (Å²) in [7, 11) is -4.37. The Morgan fingerprint density at radius 1 is 0.426 bits per heavy atom. The van der Waals surface area contributed by atoms with Crippen LogP contribution >= 0.6 is 7.82 Å². The van der Waals surface area contributed by atoms with Crippen molar-refractivity contribution < 1.29 is 37.6 Å². The maximum Gasteiger partial charge on any atom is 0.472 e. The highest BCUT2D eigenvalue weighted by Gasteiger charge is 2.26. The zero-order chi connectivity index (χ0) is 49.5. The van der Waals surface area contributed by atoms with Crippen LogP contribution in [0.25, 0.3) is 0 Å². The molecule has 0 spiro atoms. The smallest absolute Gasteiger partial charge is 0.462 e. The van der Waals surface area contributed by atoms with Gasteiger partial charge in [-0.05, 0) is 38.5 Å². The first-order chi connectivity index (χ1) is 33.3. The average molecular weight is 985 g/mol. The molecule has 0 radical (unpaired) electrons. The highest BCUT2D eigenvalue weighted by molar-refractivity contribution is 7.47. The minimum atomic E-state index is -4.37. The summed E-state index contributed by atoms with van der Waals surface area (Å²) in [5.41, 5.74) is 5.36. The number of allylic oxidation sites excluding steroid dienone is 2. The van der Waals surface area contributed by atoms with Crippen LogP contribution in [0, 0.1) is 0 Å². The van der Waals surface area contributed by atoms with Crippen molar-refractivity contribution in [2.45, 2.75) is 322 Å². The van der Waals surface area contributed by atoms with E-state index in [2.05, 4.69) is 26.0 Å². The predicted molar refractivity (Wildman–Crippen MR) is 289 cm³/mol. The maximum absolute atomic E-state index is 12.6. The van der Waals surface area contributed by atoms with E-state index in [1.54, 1.807) is 0 Å². The molecule has 2 atom stereocenters. The number of hydrogen-bond donors (Lipinski definition) is 2. The van der Waals surface area contributed by atoms with Crippen LogP contribution in [-0.4, -0.2) is 49.3 Å². The lowest BCUT2D eigenvalue weighted by atomic mass is 10.0. The zero-order valence-corrected chi connectivity index (χ0v) is 46.0. The Hall–Kier alpha value is -1.25. The monoisotopic (exact) mass is 984 g/mol. The minimum absolute atomic E-state index is 0.0574. The lowest BCUT2D eigenvalue weighted by Gasteiger charge is -2.19. The Kier molecular flexibility index (Phi) is 54.1. The van der Waals surface area contributed by atoms with Crippen molar-refractivity contribution in [2.75, 3.05) is 26.4 Å². The van der Waals surface area contributed by atoms with Crippen LogP contribution < -0.4 is 5.73 Å². The van der Waals surface area contributed by atoms with E-state index in [4.69, 9.17) is 24.3 Å². The minimum Gasteiger partial charge on any atom is -0.462 e. The van der Waals surface area contributed by atoms with Gasteiger partial charge in [0.1, 0.15) is 6.61 Å². The fraction of sp³-hybridized carbons (Fsp3) is 0.931. The standard InChI is InChI=1S/C58H114NO8P/c1-3-5-7-9-11-13-14-15-16-17-18-19-20-21-22-23-24-25-26-27-28-29-30-31-32-33-34-35-36-37-38-39-40-41-42-43-45-47-49-51-58(61)67-56(55-66-68(62,63)65-53-52-59)54-64-57(60)50-48-46-44-12-10-8-6-4-2/h17-18,56H,3-16,19-55,59H2,1-2H3,(H,62,63)/b18-17-. The molecule has 0 aliphatic heterocycles. The molecule has 3 N–H and O–H groups in total. The third kappa shape index (κ3) is 54.1. The summed E-state index contributed by atoms with van der Waals surface area (Å²) in [5.74, 6) is -0.816. The first-order valence-electron chi connectivity index (χ1n) is 29.7. The number of phosphoric ester groups is 1. The molecular formula is C58H114NO8P. The molecule has 404 valence electrons. The predicted octanol–water partition coefficient (Wildman–Crippen LogP) is 18.5. The summed E-state index contributed by atoms with van der Waals surface area (Å²) in [6, 6.07) is 0. The average Bonchev–Trinajstić information content (AvgIpc) is 3.33. The molecule has 0 amide bonds. The fourth-order valence-electron chi connectivity index (χ4n) is 8.99. The van der Waals surface area contributed by atoms with Crippen LogP contribution in [0.15, 0.2) is 12.2 Å². The molecule has 9 nitrogen and oxygen atoms in total. The summed E-state index contributed by atoms with van der Waals surface area (Å²) in [6.07, 6.45) is 63.4. The number of hydrogen-bond acceptors (Lipinski definition) is 8. The Balaban J connectivity index is 3.63. The molecule has 0 aromatic heterocycles. The van der Waals surface area contributed by atoms with E-state index < -0.39 is 26.5 Å². The zero-order valence-electron chi connectivity index (χ0n) is 45.1. The number of esters is 2. The Bertz CT molecular complexity index is 1120. The van der Waals surface area contributed by atoms with E-state index in [1.807, 2.05) is 0 Å². The van der Waals surface area contributed by atoms with Gasteiger partial charge in [0.15, 0.2) is 6.10 Å². The fourth-order valence-corrected chi connectivity index (χ4v) is 9.75. The summed E-state index contributed by atoms with van der Waals surface area (Å²) in [4.78, 5) is 34.9. The molecule has 0 aromatic rings. The molecule has 0 rings (SSSR count). The SMILES string of the molecule is CCCCCCCCCC/C=C\CCCCCCCCCCCCCCCCCCCCCCCCCCCCCC(=O)OC(COC(=O)CCCCCCCCCC)COP(=O)(O)OCCN. The van der Waals surface area contributed by atoms with Crippen molar-refractivity contribution >= 4 is 19.8 Å².